The van der Waals surface area contributed by atoms with Gasteiger partial charge in [-0.25, -0.2) is 9.37 Å². The first-order chi connectivity index (χ1) is 18.7. The van der Waals surface area contributed by atoms with Crippen LogP contribution < -0.4 is 9.47 Å². The molecule has 3 N–H and O–H groups in total. The molecule has 1 aromatic heterocycles. The number of ether oxygens (including phenoxy) is 2. The van der Waals surface area contributed by atoms with Crippen LogP contribution in [0.3, 0.4) is 0 Å². The zero-order chi connectivity index (χ0) is 27.7. The lowest BCUT2D eigenvalue weighted by atomic mass is 9.91. The smallest absolute Gasteiger partial charge is 0.309 e. The number of aliphatic hydroxyl groups is 2. The van der Waals surface area contributed by atoms with Crippen LogP contribution in [0.1, 0.15) is 54.2 Å². The lowest BCUT2D eigenvalue weighted by molar-refractivity contribution is -0.145. The fourth-order valence-electron chi connectivity index (χ4n) is 5.37. The van der Waals surface area contributed by atoms with Gasteiger partial charge >= 0.3 is 5.97 Å². The van der Waals surface area contributed by atoms with Gasteiger partial charge in [0.1, 0.15) is 17.7 Å². The Bertz CT molecular complexity index is 1370. The molecular weight excluding hydrogens is 503 g/mol. The van der Waals surface area contributed by atoms with E-state index < -0.39 is 23.8 Å². The number of aliphatic hydroxyl groups excluding tert-OH is 2. The number of fused-ring (bicyclic) bond motifs is 1. The van der Waals surface area contributed by atoms with E-state index >= 15 is 0 Å². The van der Waals surface area contributed by atoms with E-state index in [9.17, 15) is 24.5 Å². The second kappa shape index (κ2) is 11.3. The monoisotopic (exact) mass is 536 g/mol. The molecule has 1 saturated heterocycles. The quantitative estimate of drug-likeness (QED) is 0.391. The highest BCUT2D eigenvalue weighted by Crippen LogP contribution is 2.39. The number of aryl methyl sites for hydroxylation is 1. The molecule has 0 amide bonds. The zero-order valence-corrected chi connectivity index (χ0v) is 22.0. The fourth-order valence-corrected chi connectivity index (χ4v) is 5.37. The van der Waals surface area contributed by atoms with Crippen LogP contribution in [0.4, 0.5) is 4.39 Å². The number of carbonyl (C=O) groups is 1. The summed E-state index contributed by atoms with van der Waals surface area (Å²) in [5.74, 6) is -1.52. The molecule has 4 atom stereocenters. The molecule has 3 heterocycles. The molecule has 0 radical (unpaired) electrons. The minimum atomic E-state index is -1.15. The van der Waals surface area contributed by atoms with Crippen LogP contribution in [0.25, 0.3) is 11.1 Å². The van der Waals surface area contributed by atoms with E-state index in [1.165, 1.54) is 14.0 Å². The lowest BCUT2D eigenvalue weighted by Crippen LogP contribution is -2.22. The molecule has 2 aromatic carbocycles. The maximum atomic E-state index is 14.9. The van der Waals surface area contributed by atoms with Gasteiger partial charge in [-0.15, -0.1) is 0 Å². The van der Waals surface area contributed by atoms with Crippen LogP contribution in [0.5, 0.6) is 11.6 Å². The number of β-amino-alcohol motifs (C(OH)–C–C–N with tert-alkyl or cyclic N) is 1. The van der Waals surface area contributed by atoms with Gasteiger partial charge in [-0.05, 0) is 60.1 Å². The number of hydrogen-bond acceptors (Lipinski definition) is 7. The number of benzene rings is 2. The first-order valence-electron chi connectivity index (χ1n) is 13.2. The Balaban J connectivity index is 1.46. The Morgan fingerprint density at radius 2 is 2.03 bits per heavy atom. The molecule has 0 saturated carbocycles. The van der Waals surface area contributed by atoms with Gasteiger partial charge in [0.05, 0.1) is 31.4 Å². The second-order valence-corrected chi connectivity index (χ2v) is 10.4. The van der Waals surface area contributed by atoms with E-state index in [1.54, 1.807) is 18.2 Å². The van der Waals surface area contributed by atoms with Crippen LogP contribution in [0, 0.1) is 11.7 Å². The number of nitrogens with zero attached hydrogens (tertiary/aromatic N) is 2. The van der Waals surface area contributed by atoms with Crippen molar-refractivity contribution in [1.82, 2.24) is 9.88 Å². The molecule has 2 aliphatic heterocycles. The van der Waals surface area contributed by atoms with E-state index in [4.69, 9.17) is 9.47 Å². The SMILES string of the molecule is COc1cc(-c2ccc(C3CCc4ccc([C@H](O)[C@H](C)C(=O)O)cc4O3)cc2CN2CC[C@H](O)C2)c(F)cn1. The minimum absolute atomic E-state index is 0.268. The van der Waals surface area contributed by atoms with Crippen LogP contribution in [0.15, 0.2) is 48.7 Å². The topological polar surface area (TPSA) is 112 Å². The average Bonchev–Trinajstić information content (AvgIpc) is 3.36. The van der Waals surface area contributed by atoms with Gasteiger partial charge in [-0.2, -0.15) is 0 Å². The number of aromatic nitrogens is 1. The van der Waals surface area contributed by atoms with Crippen LogP contribution in [-0.4, -0.2) is 57.5 Å². The summed E-state index contributed by atoms with van der Waals surface area (Å²) in [4.78, 5) is 17.5. The maximum absolute atomic E-state index is 14.9. The summed E-state index contributed by atoms with van der Waals surface area (Å²) < 4.78 is 26.5. The summed E-state index contributed by atoms with van der Waals surface area (Å²) in [6.07, 6.45) is 1.56. The van der Waals surface area contributed by atoms with Crippen molar-refractivity contribution < 1.29 is 34.0 Å². The van der Waals surface area contributed by atoms with Gasteiger partial charge in [0.15, 0.2) is 0 Å². The summed E-state index contributed by atoms with van der Waals surface area (Å²) in [6.45, 7) is 3.32. The van der Waals surface area contributed by atoms with Crippen LogP contribution in [0.2, 0.25) is 0 Å². The zero-order valence-electron chi connectivity index (χ0n) is 22.0. The second-order valence-electron chi connectivity index (χ2n) is 10.4. The summed E-state index contributed by atoms with van der Waals surface area (Å²) in [7, 11) is 1.49. The molecule has 9 heteroatoms. The number of likely N-dealkylation sites (tertiary alicyclic amines) is 1. The van der Waals surface area contributed by atoms with E-state index in [2.05, 4.69) is 9.88 Å². The Hall–Kier alpha value is -3.53. The minimum Gasteiger partial charge on any atom is -0.485 e. The number of methoxy groups -OCH3 is 1. The van der Waals surface area contributed by atoms with Gasteiger partial charge in [-0.3, -0.25) is 9.69 Å². The number of rotatable bonds is 8. The molecule has 1 fully saturated rings. The van der Waals surface area contributed by atoms with Crippen molar-refractivity contribution >= 4 is 5.97 Å². The molecule has 0 spiro atoms. The summed E-state index contributed by atoms with van der Waals surface area (Å²) in [6, 6.07) is 12.8. The molecule has 5 rings (SSSR count). The van der Waals surface area contributed by atoms with Crippen LogP contribution in [-0.2, 0) is 17.8 Å². The third kappa shape index (κ3) is 5.75. The number of carboxylic acid groups (broad SMARTS) is 1. The normalized spacial score (nSPS) is 20.6. The highest BCUT2D eigenvalue weighted by molar-refractivity contribution is 5.71. The Kier molecular flexibility index (Phi) is 7.83. The van der Waals surface area contributed by atoms with Crippen molar-refractivity contribution in [3.8, 4) is 22.8 Å². The molecule has 0 aliphatic carbocycles. The van der Waals surface area contributed by atoms with E-state index in [1.807, 2.05) is 24.3 Å². The van der Waals surface area contributed by atoms with Gasteiger partial charge < -0.3 is 24.8 Å². The Morgan fingerprint density at radius 3 is 2.74 bits per heavy atom. The molecule has 8 nitrogen and oxygen atoms in total. The van der Waals surface area contributed by atoms with Crippen molar-refractivity contribution in [2.24, 2.45) is 5.92 Å². The van der Waals surface area contributed by atoms with Gasteiger partial charge in [0.25, 0.3) is 0 Å². The van der Waals surface area contributed by atoms with Crippen molar-refractivity contribution in [3.05, 3.63) is 76.7 Å². The predicted octanol–water partition coefficient (Wildman–Crippen LogP) is 4.28. The highest BCUT2D eigenvalue weighted by Gasteiger charge is 2.28. The first-order valence-corrected chi connectivity index (χ1v) is 13.2. The number of hydrogen-bond donors (Lipinski definition) is 3. The Labute approximate surface area is 226 Å². The largest absolute Gasteiger partial charge is 0.485 e. The van der Waals surface area contributed by atoms with Gasteiger partial charge in [0, 0.05) is 31.3 Å². The third-order valence-corrected chi connectivity index (χ3v) is 7.71. The summed E-state index contributed by atoms with van der Waals surface area (Å²) in [5.41, 5.74) is 4.45. The highest BCUT2D eigenvalue weighted by atomic mass is 19.1. The fraction of sp³-hybridized carbons (Fsp3) is 0.400. The first kappa shape index (κ1) is 27.1. The average molecular weight is 537 g/mol. The molecule has 1 unspecified atom stereocenters. The van der Waals surface area contributed by atoms with Crippen molar-refractivity contribution in [1.29, 1.82) is 0 Å². The van der Waals surface area contributed by atoms with Crippen molar-refractivity contribution in [2.75, 3.05) is 20.2 Å². The van der Waals surface area contributed by atoms with Crippen molar-refractivity contribution in [2.45, 2.75) is 51.0 Å². The number of halogens is 1. The van der Waals surface area contributed by atoms with Gasteiger partial charge in [0.2, 0.25) is 5.88 Å². The molecule has 0 bridgehead atoms. The maximum Gasteiger partial charge on any atom is 0.309 e. The predicted molar refractivity (Wildman–Crippen MR) is 142 cm³/mol. The standard InChI is InChI=1S/C30H33FN2O6/c1-17(30(36)37)29(35)20-4-3-18-6-8-26(39-27(18)12-20)19-5-7-23(24-13-28(38-2)32-14-25(24)31)21(11-19)15-33-10-9-22(34)16-33/h3-5,7,11-14,17,22,26,29,34-35H,6,8-10,15-16H2,1-2H3,(H,36,37)/t17-,22-,26?,29+/m0/s1. The number of aliphatic carboxylic acids is 1. The molecular formula is C30H33FN2O6. The molecule has 3 aromatic rings. The Morgan fingerprint density at radius 1 is 1.21 bits per heavy atom. The summed E-state index contributed by atoms with van der Waals surface area (Å²) in [5, 5.41) is 29.9. The van der Waals surface area contributed by atoms with E-state index in [0.29, 0.717) is 42.3 Å². The lowest BCUT2D eigenvalue weighted by Gasteiger charge is -2.29. The van der Waals surface area contributed by atoms with E-state index in [0.717, 1.165) is 47.8 Å². The molecule has 206 valence electrons. The summed E-state index contributed by atoms with van der Waals surface area (Å²) >= 11 is 0. The van der Waals surface area contributed by atoms with Crippen molar-refractivity contribution in [3.63, 3.8) is 0 Å². The van der Waals surface area contributed by atoms with Gasteiger partial charge in [-0.1, -0.05) is 30.3 Å². The third-order valence-electron chi connectivity index (χ3n) is 7.71. The molecule has 2 aliphatic rings. The molecule has 39 heavy (non-hydrogen) atoms. The number of carboxylic acids is 1. The van der Waals surface area contributed by atoms with E-state index in [-0.39, 0.29) is 12.2 Å². The number of pyridine rings is 1. The van der Waals surface area contributed by atoms with Crippen LogP contribution >= 0.6 is 0 Å².